The summed E-state index contributed by atoms with van der Waals surface area (Å²) in [6, 6.07) is 15.1. The van der Waals surface area contributed by atoms with Crippen LogP contribution >= 0.6 is 0 Å². The molecule has 0 spiro atoms. The highest BCUT2D eigenvalue weighted by Gasteiger charge is 2.12. The van der Waals surface area contributed by atoms with Gasteiger partial charge in [0.25, 0.3) is 0 Å². The number of guanidine groups is 1. The minimum Gasteiger partial charge on any atom is -0.473 e. The van der Waals surface area contributed by atoms with Crippen LogP contribution in [-0.2, 0) is 13.2 Å². The Morgan fingerprint density at radius 1 is 1.03 bits per heavy atom. The van der Waals surface area contributed by atoms with Crippen molar-refractivity contribution in [2.45, 2.75) is 52.9 Å². The van der Waals surface area contributed by atoms with Gasteiger partial charge in [0, 0.05) is 51.0 Å². The molecule has 0 aliphatic heterocycles. The molecule has 2 aromatic rings. The fourth-order valence-electron chi connectivity index (χ4n) is 3.19. The molecule has 0 aliphatic carbocycles. The average molecular weight is 398 g/mol. The Hall–Kier alpha value is -2.60. The molecular weight excluding hydrogens is 362 g/mol. The summed E-state index contributed by atoms with van der Waals surface area (Å²) in [5.74, 6) is 1.42. The highest BCUT2D eigenvalue weighted by atomic mass is 16.5. The lowest BCUT2D eigenvalue weighted by molar-refractivity contribution is 0.178. The zero-order valence-electron chi connectivity index (χ0n) is 18.4. The van der Waals surface area contributed by atoms with E-state index in [1.54, 1.807) is 13.2 Å². The van der Waals surface area contributed by atoms with Gasteiger partial charge in [0.1, 0.15) is 6.61 Å². The number of nitrogens with zero attached hydrogens (tertiary/aromatic N) is 3. The van der Waals surface area contributed by atoms with Crippen LogP contribution in [0.5, 0.6) is 5.88 Å². The van der Waals surface area contributed by atoms with Crippen molar-refractivity contribution in [1.29, 1.82) is 0 Å². The third-order valence-corrected chi connectivity index (χ3v) is 4.70. The molecule has 1 heterocycles. The van der Waals surface area contributed by atoms with Gasteiger partial charge < -0.3 is 15.4 Å². The Bertz CT molecular complexity index is 738. The van der Waals surface area contributed by atoms with Gasteiger partial charge in [-0.1, -0.05) is 30.3 Å². The van der Waals surface area contributed by atoms with Gasteiger partial charge in [-0.25, -0.2) is 4.98 Å². The van der Waals surface area contributed by atoms with E-state index in [-0.39, 0.29) is 0 Å². The van der Waals surface area contributed by atoms with E-state index in [9.17, 15) is 0 Å². The van der Waals surface area contributed by atoms with E-state index >= 15 is 0 Å². The molecule has 0 radical (unpaired) electrons. The first-order chi connectivity index (χ1) is 14.0. The molecule has 6 nitrogen and oxygen atoms in total. The Morgan fingerprint density at radius 3 is 2.41 bits per heavy atom. The molecule has 2 rings (SSSR count). The highest BCUT2D eigenvalue weighted by molar-refractivity contribution is 5.79. The first-order valence-electron chi connectivity index (χ1n) is 10.3. The minimum absolute atomic E-state index is 0.510. The van der Waals surface area contributed by atoms with Gasteiger partial charge in [-0.2, -0.15) is 0 Å². The number of ether oxygens (including phenoxy) is 1. The number of pyridine rings is 1. The molecule has 29 heavy (non-hydrogen) atoms. The van der Waals surface area contributed by atoms with E-state index in [2.05, 4.69) is 53.2 Å². The molecule has 0 saturated carbocycles. The van der Waals surface area contributed by atoms with E-state index in [4.69, 9.17) is 4.74 Å². The number of hydrogen-bond acceptors (Lipinski definition) is 4. The van der Waals surface area contributed by atoms with Gasteiger partial charge in [-0.3, -0.25) is 9.89 Å². The second kappa shape index (κ2) is 12.1. The predicted molar refractivity (Wildman–Crippen MR) is 120 cm³/mol. The van der Waals surface area contributed by atoms with Crippen molar-refractivity contribution < 1.29 is 4.74 Å². The van der Waals surface area contributed by atoms with Gasteiger partial charge in [-0.05, 0) is 44.9 Å². The number of aromatic nitrogens is 1. The molecule has 0 saturated heterocycles. The van der Waals surface area contributed by atoms with Crippen molar-refractivity contribution in [1.82, 2.24) is 20.5 Å². The maximum Gasteiger partial charge on any atom is 0.213 e. The van der Waals surface area contributed by atoms with Crippen LogP contribution in [0.4, 0.5) is 0 Å². The normalized spacial score (nSPS) is 11.9. The van der Waals surface area contributed by atoms with Gasteiger partial charge in [0.2, 0.25) is 5.88 Å². The molecule has 0 atom stereocenters. The van der Waals surface area contributed by atoms with Crippen molar-refractivity contribution in [3.63, 3.8) is 0 Å². The third-order valence-electron chi connectivity index (χ3n) is 4.70. The molecule has 1 aromatic carbocycles. The zero-order chi connectivity index (χ0) is 21.1. The van der Waals surface area contributed by atoms with Gasteiger partial charge >= 0.3 is 0 Å². The van der Waals surface area contributed by atoms with Crippen molar-refractivity contribution in [2.24, 2.45) is 4.99 Å². The van der Waals surface area contributed by atoms with Crippen LogP contribution in [0.25, 0.3) is 0 Å². The van der Waals surface area contributed by atoms with Gasteiger partial charge in [0.05, 0.1) is 0 Å². The van der Waals surface area contributed by atoms with Crippen molar-refractivity contribution in [3.8, 4) is 5.88 Å². The lowest BCUT2D eigenvalue weighted by Crippen LogP contribution is -2.45. The molecule has 0 aliphatic rings. The molecule has 0 bridgehead atoms. The summed E-state index contributed by atoms with van der Waals surface area (Å²) >= 11 is 0. The van der Waals surface area contributed by atoms with E-state index in [0.717, 1.165) is 30.2 Å². The second-order valence-electron chi connectivity index (χ2n) is 7.55. The van der Waals surface area contributed by atoms with Crippen LogP contribution < -0.4 is 15.4 Å². The highest BCUT2D eigenvalue weighted by Crippen LogP contribution is 2.11. The molecular formula is C23H35N5O. The topological polar surface area (TPSA) is 61.8 Å². The Balaban J connectivity index is 1.80. The fourth-order valence-corrected chi connectivity index (χ4v) is 3.19. The molecule has 0 amide bonds. The summed E-state index contributed by atoms with van der Waals surface area (Å²) in [6.07, 6.45) is 1.77. The Morgan fingerprint density at radius 2 is 1.76 bits per heavy atom. The van der Waals surface area contributed by atoms with E-state index in [1.165, 1.54) is 0 Å². The standard InChI is InChI=1S/C23H35N5O/c1-18(2)28(19(3)4)14-13-26-23(24-5)27-16-21-11-12-25-22(15-21)29-17-20-9-7-6-8-10-20/h6-12,15,18-19H,13-14,16-17H2,1-5H3,(H2,24,26,27). The minimum atomic E-state index is 0.510. The maximum absolute atomic E-state index is 5.81. The largest absolute Gasteiger partial charge is 0.473 e. The Kier molecular flexibility index (Phi) is 9.44. The molecule has 0 unspecified atom stereocenters. The average Bonchev–Trinajstić information content (AvgIpc) is 2.72. The molecule has 6 heteroatoms. The van der Waals surface area contributed by atoms with Crippen molar-refractivity contribution in [2.75, 3.05) is 20.1 Å². The number of aliphatic imine (C=N–C) groups is 1. The van der Waals surface area contributed by atoms with Gasteiger partial charge in [-0.15, -0.1) is 0 Å². The van der Waals surface area contributed by atoms with Crippen molar-refractivity contribution in [3.05, 3.63) is 59.8 Å². The summed E-state index contributed by atoms with van der Waals surface area (Å²) in [5, 5.41) is 6.75. The molecule has 158 valence electrons. The van der Waals surface area contributed by atoms with Crippen LogP contribution in [-0.4, -0.2) is 48.1 Å². The SMILES string of the molecule is CN=C(NCCN(C(C)C)C(C)C)NCc1ccnc(OCc2ccccc2)c1. The van der Waals surface area contributed by atoms with E-state index in [0.29, 0.717) is 31.1 Å². The van der Waals surface area contributed by atoms with E-state index in [1.807, 2.05) is 42.5 Å². The smallest absolute Gasteiger partial charge is 0.213 e. The summed E-state index contributed by atoms with van der Waals surface area (Å²) in [4.78, 5) is 11.1. The summed E-state index contributed by atoms with van der Waals surface area (Å²) < 4.78 is 5.81. The van der Waals surface area contributed by atoms with Gasteiger partial charge in [0.15, 0.2) is 5.96 Å². The lowest BCUT2D eigenvalue weighted by atomic mass is 10.2. The fraction of sp³-hybridized carbons (Fsp3) is 0.478. The van der Waals surface area contributed by atoms with E-state index < -0.39 is 0 Å². The first-order valence-corrected chi connectivity index (χ1v) is 10.3. The molecule has 2 N–H and O–H groups in total. The quantitative estimate of drug-likeness (QED) is 0.475. The van der Waals surface area contributed by atoms with Crippen LogP contribution in [0, 0.1) is 0 Å². The third kappa shape index (κ3) is 8.11. The second-order valence-corrected chi connectivity index (χ2v) is 7.55. The maximum atomic E-state index is 5.81. The number of rotatable bonds is 10. The van der Waals surface area contributed by atoms with Crippen LogP contribution in [0.3, 0.4) is 0 Å². The van der Waals surface area contributed by atoms with Crippen LogP contribution in [0.1, 0.15) is 38.8 Å². The lowest BCUT2D eigenvalue weighted by Gasteiger charge is -2.30. The predicted octanol–water partition coefficient (Wildman–Crippen LogP) is 3.44. The zero-order valence-corrected chi connectivity index (χ0v) is 18.4. The summed E-state index contributed by atoms with van der Waals surface area (Å²) in [6.45, 7) is 11.9. The Labute approximate surface area is 175 Å². The number of benzene rings is 1. The van der Waals surface area contributed by atoms with Crippen LogP contribution in [0.15, 0.2) is 53.7 Å². The monoisotopic (exact) mass is 397 g/mol. The molecule has 0 fully saturated rings. The van der Waals surface area contributed by atoms with Crippen LogP contribution in [0.2, 0.25) is 0 Å². The molecule has 1 aromatic heterocycles. The summed E-state index contributed by atoms with van der Waals surface area (Å²) in [7, 11) is 1.79. The number of hydrogen-bond donors (Lipinski definition) is 2. The first kappa shape index (κ1) is 22.7. The van der Waals surface area contributed by atoms with Crippen molar-refractivity contribution >= 4 is 5.96 Å². The summed E-state index contributed by atoms with van der Waals surface area (Å²) in [5.41, 5.74) is 2.22. The number of nitrogens with one attached hydrogen (secondary N) is 2.